The van der Waals surface area contributed by atoms with E-state index in [9.17, 15) is 14.7 Å². The van der Waals surface area contributed by atoms with Crippen molar-refractivity contribution in [2.75, 3.05) is 0 Å². The summed E-state index contributed by atoms with van der Waals surface area (Å²) in [5.41, 5.74) is 0. The maximum absolute atomic E-state index is 12.1. The van der Waals surface area contributed by atoms with E-state index in [-0.39, 0.29) is 30.1 Å². The zero-order valence-corrected chi connectivity index (χ0v) is 13.8. The molecule has 0 saturated heterocycles. The van der Waals surface area contributed by atoms with Crippen molar-refractivity contribution in [1.29, 1.82) is 0 Å². The van der Waals surface area contributed by atoms with E-state index in [0.717, 1.165) is 38.5 Å². The summed E-state index contributed by atoms with van der Waals surface area (Å²) < 4.78 is 15.6. The fraction of sp³-hybridized carbons (Fsp3) is 0.882. The molecule has 3 saturated carbocycles. The molecule has 6 atom stereocenters. The highest BCUT2D eigenvalue weighted by Gasteiger charge is 2.42. The first kappa shape index (κ1) is 17.3. The highest BCUT2D eigenvalue weighted by atomic mass is 16.7. The molecule has 0 aliphatic heterocycles. The van der Waals surface area contributed by atoms with E-state index < -0.39 is 18.4 Å². The van der Waals surface area contributed by atoms with Crippen LogP contribution in [0.5, 0.6) is 0 Å². The molecule has 136 valence electrons. The summed E-state index contributed by atoms with van der Waals surface area (Å²) in [7, 11) is 0. The van der Waals surface area contributed by atoms with Gasteiger partial charge < -0.3 is 24.4 Å². The third-order valence-electron chi connectivity index (χ3n) is 5.70. The number of ether oxygens (including phenoxy) is 3. The lowest BCUT2D eigenvalue weighted by atomic mass is 9.68. The number of fused-ring (bicyclic) bond motifs is 1. The van der Waals surface area contributed by atoms with E-state index in [1.807, 2.05) is 0 Å². The van der Waals surface area contributed by atoms with Gasteiger partial charge in [-0.2, -0.15) is 0 Å². The van der Waals surface area contributed by atoms with Gasteiger partial charge in [-0.1, -0.05) is 6.42 Å². The molecule has 0 aromatic rings. The second-order valence-electron chi connectivity index (χ2n) is 7.22. The normalized spacial score (nSPS) is 38.9. The van der Waals surface area contributed by atoms with E-state index in [0.29, 0.717) is 19.3 Å². The fourth-order valence-electron chi connectivity index (χ4n) is 4.60. The first-order valence-electron chi connectivity index (χ1n) is 8.98. The van der Waals surface area contributed by atoms with Crippen LogP contribution in [-0.2, 0) is 14.2 Å². The summed E-state index contributed by atoms with van der Waals surface area (Å²) in [5.74, 6) is 0.451. The van der Waals surface area contributed by atoms with Crippen LogP contribution in [0.2, 0.25) is 0 Å². The van der Waals surface area contributed by atoms with Crippen LogP contribution in [-0.4, -0.2) is 46.9 Å². The van der Waals surface area contributed by atoms with Crippen LogP contribution < -0.4 is 0 Å². The summed E-state index contributed by atoms with van der Waals surface area (Å²) in [5, 5.41) is 18.8. The van der Waals surface area contributed by atoms with Crippen LogP contribution in [0.15, 0.2) is 0 Å². The van der Waals surface area contributed by atoms with Crippen molar-refractivity contribution < 1.29 is 34.0 Å². The molecule has 7 nitrogen and oxygen atoms in total. The second-order valence-corrected chi connectivity index (χ2v) is 7.22. The van der Waals surface area contributed by atoms with Crippen molar-refractivity contribution in [3.63, 3.8) is 0 Å². The number of aliphatic hydroxyl groups excluding tert-OH is 1. The van der Waals surface area contributed by atoms with Gasteiger partial charge in [-0.3, -0.25) is 0 Å². The average molecular weight is 342 g/mol. The second kappa shape index (κ2) is 7.59. The molecule has 0 aromatic carbocycles. The lowest BCUT2D eigenvalue weighted by molar-refractivity contribution is -0.0802. The van der Waals surface area contributed by atoms with Gasteiger partial charge in [0.2, 0.25) is 0 Å². The standard InChI is InChI=1S/C17H26O7/c18-14-5-1-4-13-12(14)3-2-6-15(13)24-17(21)23-11-8-7-10(9-11)22-16(19)20/h10-15,18H,1-9H2,(H,19,20). The van der Waals surface area contributed by atoms with Crippen molar-refractivity contribution >= 4 is 12.3 Å². The number of aliphatic hydroxyl groups is 1. The molecular weight excluding hydrogens is 316 g/mol. The van der Waals surface area contributed by atoms with E-state index in [4.69, 9.17) is 19.3 Å². The molecule has 0 aromatic heterocycles. The molecule has 7 heteroatoms. The lowest BCUT2D eigenvalue weighted by Gasteiger charge is -2.42. The van der Waals surface area contributed by atoms with Gasteiger partial charge in [0.1, 0.15) is 18.3 Å². The first-order valence-corrected chi connectivity index (χ1v) is 8.98. The third-order valence-corrected chi connectivity index (χ3v) is 5.70. The van der Waals surface area contributed by atoms with Gasteiger partial charge in [-0.15, -0.1) is 0 Å². The monoisotopic (exact) mass is 342 g/mol. The van der Waals surface area contributed by atoms with Crippen LogP contribution in [0, 0.1) is 11.8 Å². The van der Waals surface area contributed by atoms with Crippen molar-refractivity contribution in [3.8, 4) is 0 Å². The third kappa shape index (κ3) is 4.12. The number of hydrogen-bond acceptors (Lipinski definition) is 6. The van der Waals surface area contributed by atoms with E-state index in [2.05, 4.69) is 0 Å². The van der Waals surface area contributed by atoms with Crippen molar-refractivity contribution in [2.45, 2.75) is 82.2 Å². The number of carboxylic acid groups (broad SMARTS) is 1. The van der Waals surface area contributed by atoms with Gasteiger partial charge in [-0.05, 0) is 50.9 Å². The maximum Gasteiger partial charge on any atom is 0.508 e. The van der Waals surface area contributed by atoms with Crippen LogP contribution in [0.4, 0.5) is 9.59 Å². The van der Waals surface area contributed by atoms with E-state index in [1.165, 1.54) is 0 Å². The fourth-order valence-corrected chi connectivity index (χ4v) is 4.60. The summed E-state index contributed by atoms with van der Waals surface area (Å²) >= 11 is 0. The average Bonchev–Trinajstić information content (AvgIpc) is 2.94. The molecule has 0 heterocycles. The molecule has 0 spiro atoms. The SMILES string of the molecule is O=C(O)OC1CCC(OC(=O)OC2CCCC3C(O)CCCC23)C1. The van der Waals surface area contributed by atoms with Gasteiger partial charge in [0.25, 0.3) is 0 Å². The Kier molecular flexibility index (Phi) is 5.48. The molecule has 24 heavy (non-hydrogen) atoms. The van der Waals surface area contributed by atoms with Crippen molar-refractivity contribution in [1.82, 2.24) is 0 Å². The van der Waals surface area contributed by atoms with E-state index in [1.54, 1.807) is 0 Å². The van der Waals surface area contributed by atoms with Gasteiger partial charge in [0, 0.05) is 12.3 Å². The molecule has 3 aliphatic carbocycles. The molecule has 6 unspecified atom stereocenters. The Hall–Kier alpha value is -1.50. The minimum atomic E-state index is -1.30. The number of hydrogen-bond donors (Lipinski definition) is 2. The van der Waals surface area contributed by atoms with Gasteiger partial charge in [0.05, 0.1) is 6.10 Å². The minimum Gasteiger partial charge on any atom is -0.450 e. The Bertz CT molecular complexity index is 466. The molecule has 3 aliphatic rings. The Balaban J connectivity index is 1.47. The summed E-state index contributed by atoms with van der Waals surface area (Å²) in [6.45, 7) is 0. The first-order chi connectivity index (χ1) is 11.5. The maximum atomic E-state index is 12.1. The molecule has 0 amide bonds. The lowest BCUT2D eigenvalue weighted by Crippen LogP contribution is -2.43. The number of carbonyl (C=O) groups excluding carboxylic acids is 1. The smallest absolute Gasteiger partial charge is 0.450 e. The number of rotatable bonds is 3. The zero-order valence-electron chi connectivity index (χ0n) is 13.8. The Morgan fingerprint density at radius 3 is 2.21 bits per heavy atom. The van der Waals surface area contributed by atoms with Crippen molar-refractivity contribution in [3.05, 3.63) is 0 Å². The molecule has 0 radical (unpaired) electrons. The molecule has 0 bridgehead atoms. The Morgan fingerprint density at radius 2 is 1.46 bits per heavy atom. The largest absolute Gasteiger partial charge is 0.508 e. The Morgan fingerprint density at radius 1 is 0.792 bits per heavy atom. The van der Waals surface area contributed by atoms with Crippen LogP contribution in [0.3, 0.4) is 0 Å². The van der Waals surface area contributed by atoms with Gasteiger partial charge in [-0.25, -0.2) is 9.59 Å². The predicted molar refractivity (Wildman–Crippen MR) is 82.6 cm³/mol. The minimum absolute atomic E-state index is 0.182. The van der Waals surface area contributed by atoms with Crippen LogP contribution in [0.1, 0.15) is 57.8 Å². The predicted octanol–water partition coefficient (Wildman–Crippen LogP) is 3.09. The number of carbonyl (C=O) groups is 2. The molecular formula is C17H26O7. The summed E-state index contributed by atoms with van der Waals surface area (Å²) in [6, 6.07) is 0. The highest BCUT2D eigenvalue weighted by Crippen LogP contribution is 2.42. The van der Waals surface area contributed by atoms with E-state index >= 15 is 0 Å². The molecule has 2 N–H and O–H groups in total. The zero-order chi connectivity index (χ0) is 17.1. The summed E-state index contributed by atoms with van der Waals surface area (Å²) in [4.78, 5) is 22.6. The van der Waals surface area contributed by atoms with Crippen molar-refractivity contribution in [2.24, 2.45) is 11.8 Å². The van der Waals surface area contributed by atoms with Crippen LogP contribution >= 0.6 is 0 Å². The van der Waals surface area contributed by atoms with Gasteiger partial charge in [0.15, 0.2) is 0 Å². The van der Waals surface area contributed by atoms with Gasteiger partial charge >= 0.3 is 12.3 Å². The Labute approximate surface area is 141 Å². The topological polar surface area (TPSA) is 102 Å². The molecule has 3 rings (SSSR count). The van der Waals surface area contributed by atoms with Crippen LogP contribution in [0.25, 0.3) is 0 Å². The molecule has 3 fully saturated rings. The quantitative estimate of drug-likeness (QED) is 0.760. The highest BCUT2D eigenvalue weighted by molar-refractivity contribution is 5.60. The summed E-state index contributed by atoms with van der Waals surface area (Å²) in [6.07, 6.45) is 3.89.